The van der Waals surface area contributed by atoms with Crippen LogP contribution < -0.4 is 0 Å². The third kappa shape index (κ3) is 2.80. The van der Waals surface area contributed by atoms with Gasteiger partial charge in [-0.05, 0) is 50.7 Å². The average molecular weight is 204 g/mol. The summed E-state index contributed by atoms with van der Waals surface area (Å²) in [4.78, 5) is 11.9. The van der Waals surface area contributed by atoms with Crippen molar-refractivity contribution in [2.24, 2.45) is 5.92 Å². The monoisotopic (exact) mass is 204 g/mol. The Morgan fingerprint density at radius 1 is 1.27 bits per heavy atom. The Morgan fingerprint density at radius 2 is 2.00 bits per heavy atom. The first-order valence-corrected chi connectivity index (χ1v) is 6.17. The highest BCUT2D eigenvalue weighted by atomic mass is 16.1. The number of carbonyl (C=O) groups excluding carboxylic acids is 1. The summed E-state index contributed by atoms with van der Waals surface area (Å²) in [6.07, 6.45) is 12.4. The van der Waals surface area contributed by atoms with Crippen LogP contribution in [0.1, 0.15) is 51.9 Å². The molecule has 0 unspecified atom stereocenters. The lowest BCUT2D eigenvalue weighted by atomic mass is 9.93. The average Bonchev–Trinajstić information content (AvgIpc) is 2.70. The number of rotatable bonds is 2. The van der Waals surface area contributed by atoms with E-state index < -0.39 is 0 Å². The van der Waals surface area contributed by atoms with Crippen LogP contribution in [0.25, 0.3) is 0 Å². The third-order valence-corrected chi connectivity index (χ3v) is 3.55. The maximum atomic E-state index is 11.9. The van der Waals surface area contributed by atoms with Gasteiger partial charge in [0.1, 0.15) is 0 Å². The van der Waals surface area contributed by atoms with E-state index in [1.807, 2.05) is 6.08 Å². The van der Waals surface area contributed by atoms with E-state index in [1.54, 1.807) is 0 Å². The van der Waals surface area contributed by atoms with E-state index in [1.165, 1.54) is 36.8 Å². The summed E-state index contributed by atoms with van der Waals surface area (Å²) < 4.78 is 0. The Labute approximate surface area is 92.3 Å². The molecule has 0 heterocycles. The van der Waals surface area contributed by atoms with Gasteiger partial charge in [0, 0.05) is 5.92 Å². The zero-order chi connectivity index (χ0) is 10.7. The van der Waals surface area contributed by atoms with E-state index in [9.17, 15) is 4.79 Å². The smallest absolute Gasteiger partial charge is 0.159 e. The highest BCUT2D eigenvalue weighted by molar-refractivity contribution is 5.92. The quantitative estimate of drug-likeness (QED) is 0.625. The summed E-state index contributed by atoms with van der Waals surface area (Å²) in [5, 5.41) is 0. The third-order valence-electron chi connectivity index (χ3n) is 3.55. The number of hydrogen-bond acceptors (Lipinski definition) is 1. The second-order valence-corrected chi connectivity index (χ2v) is 4.95. The summed E-state index contributed by atoms with van der Waals surface area (Å²) in [5.41, 5.74) is 2.68. The standard InChI is InChI=1S/C14H20O/c1-11-5-4-6-12(9-11)10-14(15)13-7-2-3-8-13/h9-10,13H,2-8H2,1H3/b12-10+. The predicted molar refractivity (Wildman–Crippen MR) is 62.7 cm³/mol. The van der Waals surface area contributed by atoms with Crippen LogP contribution in [0.4, 0.5) is 0 Å². The zero-order valence-corrected chi connectivity index (χ0v) is 9.59. The molecule has 2 aliphatic rings. The maximum absolute atomic E-state index is 11.9. The molecule has 1 fully saturated rings. The van der Waals surface area contributed by atoms with Crippen molar-refractivity contribution >= 4 is 5.78 Å². The lowest BCUT2D eigenvalue weighted by molar-refractivity contribution is -0.118. The normalized spacial score (nSPS) is 25.7. The number of ketones is 1. The molecule has 0 aliphatic heterocycles. The van der Waals surface area contributed by atoms with Crippen molar-refractivity contribution < 1.29 is 4.79 Å². The Hall–Kier alpha value is -0.850. The molecule has 0 N–H and O–H groups in total. The van der Waals surface area contributed by atoms with Gasteiger partial charge in [-0.3, -0.25) is 4.79 Å². The highest BCUT2D eigenvalue weighted by Gasteiger charge is 2.21. The Morgan fingerprint density at radius 3 is 2.67 bits per heavy atom. The summed E-state index contributed by atoms with van der Waals surface area (Å²) in [7, 11) is 0. The molecule has 0 aromatic rings. The molecule has 0 aromatic heterocycles. The second kappa shape index (κ2) is 4.78. The van der Waals surface area contributed by atoms with Crippen molar-refractivity contribution in [2.45, 2.75) is 51.9 Å². The molecule has 82 valence electrons. The van der Waals surface area contributed by atoms with Crippen LogP contribution in [0.3, 0.4) is 0 Å². The predicted octanol–water partition coefficient (Wildman–Crippen LogP) is 3.80. The van der Waals surface area contributed by atoms with Crippen LogP contribution in [-0.2, 0) is 4.79 Å². The Kier molecular flexibility index (Phi) is 3.40. The van der Waals surface area contributed by atoms with E-state index in [-0.39, 0.29) is 0 Å². The molecule has 0 amide bonds. The molecule has 2 rings (SSSR count). The fourth-order valence-corrected chi connectivity index (χ4v) is 2.66. The van der Waals surface area contributed by atoms with Crippen molar-refractivity contribution in [1.82, 2.24) is 0 Å². The molecular formula is C14H20O. The van der Waals surface area contributed by atoms with Crippen LogP contribution in [0, 0.1) is 5.92 Å². The summed E-state index contributed by atoms with van der Waals surface area (Å²) in [5.74, 6) is 0.724. The molecule has 0 atom stereocenters. The van der Waals surface area contributed by atoms with Crippen molar-refractivity contribution in [2.75, 3.05) is 0 Å². The van der Waals surface area contributed by atoms with Gasteiger partial charge in [-0.15, -0.1) is 0 Å². The van der Waals surface area contributed by atoms with Crippen LogP contribution in [0.15, 0.2) is 23.3 Å². The van der Waals surface area contributed by atoms with E-state index >= 15 is 0 Å². The topological polar surface area (TPSA) is 17.1 Å². The van der Waals surface area contributed by atoms with E-state index in [0.717, 1.165) is 19.3 Å². The molecule has 0 saturated heterocycles. The molecular weight excluding hydrogens is 184 g/mol. The summed E-state index contributed by atoms with van der Waals surface area (Å²) in [6.45, 7) is 2.16. The first-order chi connectivity index (χ1) is 7.25. The minimum absolute atomic E-state index is 0.341. The van der Waals surface area contributed by atoms with Gasteiger partial charge in [-0.1, -0.05) is 24.5 Å². The van der Waals surface area contributed by atoms with Crippen LogP contribution in [0.2, 0.25) is 0 Å². The number of hydrogen-bond donors (Lipinski definition) is 0. The maximum Gasteiger partial charge on any atom is 0.159 e. The van der Waals surface area contributed by atoms with Gasteiger partial charge in [-0.2, -0.15) is 0 Å². The van der Waals surface area contributed by atoms with E-state index in [0.29, 0.717) is 11.7 Å². The fourth-order valence-electron chi connectivity index (χ4n) is 2.66. The largest absolute Gasteiger partial charge is 0.295 e. The number of allylic oxidation sites excluding steroid dienone is 4. The van der Waals surface area contributed by atoms with Gasteiger partial charge >= 0.3 is 0 Å². The minimum Gasteiger partial charge on any atom is -0.295 e. The first-order valence-electron chi connectivity index (χ1n) is 6.17. The molecule has 0 radical (unpaired) electrons. The van der Waals surface area contributed by atoms with E-state index in [2.05, 4.69) is 13.0 Å². The van der Waals surface area contributed by atoms with Crippen molar-refractivity contribution in [3.05, 3.63) is 23.3 Å². The summed E-state index contributed by atoms with van der Waals surface area (Å²) >= 11 is 0. The lowest BCUT2D eigenvalue weighted by Crippen LogP contribution is -2.08. The Balaban J connectivity index is 2.02. The van der Waals surface area contributed by atoms with Crippen LogP contribution in [-0.4, -0.2) is 5.78 Å². The molecule has 2 aliphatic carbocycles. The molecule has 15 heavy (non-hydrogen) atoms. The zero-order valence-electron chi connectivity index (χ0n) is 9.59. The minimum atomic E-state index is 0.341. The molecule has 1 saturated carbocycles. The van der Waals surface area contributed by atoms with Crippen molar-refractivity contribution in [1.29, 1.82) is 0 Å². The SMILES string of the molecule is CC1=C/C(=C/C(=O)C2CCCC2)CCC1. The van der Waals surface area contributed by atoms with Gasteiger partial charge in [-0.25, -0.2) is 0 Å². The summed E-state index contributed by atoms with van der Waals surface area (Å²) in [6, 6.07) is 0. The van der Waals surface area contributed by atoms with Gasteiger partial charge in [0.05, 0.1) is 0 Å². The Bertz CT molecular complexity index is 303. The molecule has 1 heteroatoms. The van der Waals surface area contributed by atoms with Crippen molar-refractivity contribution in [3.8, 4) is 0 Å². The van der Waals surface area contributed by atoms with Crippen LogP contribution in [0.5, 0.6) is 0 Å². The van der Waals surface area contributed by atoms with Crippen molar-refractivity contribution in [3.63, 3.8) is 0 Å². The van der Waals surface area contributed by atoms with Crippen LogP contribution >= 0.6 is 0 Å². The molecule has 0 bridgehead atoms. The molecule has 0 aromatic carbocycles. The fraction of sp³-hybridized carbons (Fsp3) is 0.643. The van der Waals surface area contributed by atoms with E-state index in [4.69, 9.17) is 0 Å². The first kappa shape index (κ1) is 10.7. The highest BCUT2D eigenvalue weighted by Crippen LogP contribution is 2.28. The molecule has 0 spiro atoms. The van der Waals surface area contributed by atoms with Gasteiger partial charge < -0.3 is 0 Å². The molecule has 1 nitrogen and oxygen atoms in total. The van der Waals surface area contributed by atoms with Gasteiger partial charge in [0.2, 0.25) is 0 Å². The van der Waals surface area contributed by atoms with Gasteiger partial charge in [0.25, 0.3) is 0 Å². The second-order valence-electron chi connectivity index (χ2n) is 4.95. The van der Waals surface area contributed by atoms with Gasteiger partial charge in [0.15, 0.2) is 5.78 Å². The number of carbonyl (C=O) groups is 1. The lowest BCUT2D eigenvalue weighted by Gasteiger charge is -2.12.